The number of halogens is 2. The fourth-order valence-electron chi connectivity index (χ4n) is 3.38. The fourth-order valence-corrected chi connectivity index (χ4v) is 3.38. The Balaban J connectivity index is 1.68. The molecule has 2 aromatic rings. The molecule has 0 saturated carbocycles. The van der Waals surface area contributed by atoms with Gasteiger partial charge in [-0.1, -0.05) is 0 Å². The van der Waals surface area contributed by atoms with E-state index >= 15 is 0 Å². The van der Waals surface area contributed by atoms with Gasteiger partial charge >= 0.3 is 0 Å². The smallest absolute Gasteiger partial charge is 0.250 e. The molecule has 1 saturated heterocycles. The lowest BCUT2D eigenvalue weighted by molar-refractivity contribution is 0.199. The van der Waals surface area contributed by atoms with Gasteiger partial charge in [0.05, 0.1) is 7.11 Å². The average Bonchev–Trinajstić information content (AvgIpc) is 2.62. The second-order valence-corrected chi connectivity index (χ2v) is 6.50. The van der Waals surface area contributed by atoms with Crippen molar-refractivity contribution in [2.24, 2.45) is 7.05 Å². The molecule has 0 bridgehead atoms. The molecule has 0 atom stereocenters. The van der Waals surface area contributed by atoms with E-state index in [4.69, 9.17) is 4.74 Å². The van der Waals surface area contributed by atoms with Crippen molar-refractivity contribution in [3.05, 3.63) is 63.6 Å². The number of piperidine rings is 1. The van der Waals surface area contributed by atoms with Gasteiger partial charge in [0, 0.05) is 31.4 Å². The number of aromatic nitrogens is 1. The van der Waals surface area contributed by atoms with E-state index in [1.54, 1.807) is 23.9 Å². The number of pyridine rings is 1. The first kappa shape index (κ1) is 17.6. The summed E-state index contributed by atoms with van der Waals surface area (Å²) < 4.78 is 34.4. The van der Waals surface area contributed by atoms with Crippen LogP contribution in [0.5, 0.6) is 5.75 Å². The zero-order chi connectivity index (χ0) is 18.0. The van der Waals surface area contributed by atoms with Crippen LogP contribution in [-0.2, 0) is 13.6 Å². The maximum Gasteiger partial charge on any atom is 0.250 e. The Kier molecular flexibility index (Phi) is 5.18. The molecule has 1 fully saturated rings. The maximum atomic E-state index is 14.1. The van der Waals surface area contributed by atoms with Crippen LogP contribution in [0.1, 0.15) is 29.9 Å². The van der Waals surface area contributed by atoms with Crippen LogP contribution in [0.2, 0.25) is 0 Å². The molecule has 6 heteroatoms. The summed E-state index contributed by atoms with van der Waals surface area (Å²) in [5.74, 6) is -1.00. The summed E-state index contributed by atoms with van der Waals surface area (Å²) in [6.45, 7) is 1.84. The second-order valence-electron chi connectivity index (χ2n) is 6.50. The lowest BCUT2D eigenvalue weighted by Crippen LogP contribution is -2.33. The number of nitrogens with zero attached hydrogens (tertiary/aromatic N) is 2. The van der Waals surface area contributed by atoms with Gasteiger partial charge in [-0.05, 0) is 55.6 Å². The van der Waals surface area contributed by atoms with Gasteiger partial charge in [-0.2, -0.15) is 0 Å². The monoisotopic (exact) mass is 348 g/mol. The molecule has 0 aliphatic carbocycles. The van der Waals surface area contributed by atoms with E-state index in [0.29, 0.717) is 18.2 Å². The largest absolute Gasteiger partial charge is 0.496 e. The lowest BCUT2D eigenvalue weighted by Gasteiger charge is -2.32. The molecule has 0 spiro atoms. The fraction of sp³-hybridized carbons (Fsp3) is 0.421. The first-order valence-corrected chi connectivity index (χ1v) is 8.39. The molecule has 0 unspecified atom stereocenters. The summed E-state index contributed by atoms with van der Waals surface area (Å²) in [5, 5.41) is 0. The summed E-state index contributed by atoms with van der Waals surface area (Å²) in [7, 11) is 3.19. The number of methoxy groups -OCH3 is 1. The molecule has 4 nitrogen and oxygen atoms in total. The minimum atomic E-state index is -0.856. The van der Waals surface area contributed by atoms with E-state index in [2.05, 4.69) is 4.90 Å². The predicted octanol–water partition coefficient (Wildman–Crippen LogP) is 3.05. The molecule has 1 aliphatic heterocycles. The molecule has 1 aromatic heterocycles. The highest BCUT2D eigenvalue weighted by molar-refractivity contribution is 5.35. The highest BCUT2D eigenvalue weighted by Gasteiger charge is 2.24. The van der Waals surface area contributed by atoms with Crippen LogP contribution in [0.4, 0.5) is 8.78 Å². The number of benzene rings is 1. The molecule has 134 valence electrons. The molecule has 0 N–H and O–H groups in total. The summed E-state index contributed by atoms with van der Waals surface area (Å²) in [6.07, 6.45) is 3.55. The Labute approximate surface area is 145 Å². The van der Waals surface area contributed by atoms with Gasteiger partial charge in [0.25, 0.3) is 5.56 Å². The Morgan fingerprint density at radius 3 is 2.56 bits per heavy atom. The molecule has 25 heavy (non-hydrogen) atoms. The van der Waals surface area contributed by atoms with Crippen molar-refractivity contribution >= 4 is 0 Å². The van der Waals surface area contributed by atoms with Crippen LogP contribution in [-0.4, -0.2) is 29.7 Å². The standard InChI is InChI=1S/C19H22F2N2O2/c1-22-8-5-14(11-18(22)24)13-6-9-23(10-7-13)12-15-17(25-2)4-3-16(20)19(15)21/h3-5,8,11,13H,6-7,9-10,12H2,1-2H3. The predicted molar refractivity (Wildman–Crippen MR) is 91.8 cm³/mol. The number of hydrogen-bond donors (Lipinski definition) is 0. The molecule has 3 rings (SSSR count). The van der Waals surface area contributed by atoms with E-state index in [1.807, 2.05) is 6.07 Å². The first-order valence-electron chi connectivity index (χ1n) is 8.39. The third-order valence-electron chi connectivity index (χ3n) is 4.94. The third kappa shape index (κ3) is 3.74. The minimum absolute atomic E-state index is 0.00787. The SMILES string of the molecule is COc1ccc(F)c(F)c1CN1CCC(c2ccn(C)c(=O)c2)CC1. The van der Waals surface area contributed by atoms with Gasteiger partial charge in [0.2, 0.25) is 0 Å². The van der Waals surface area contributed by atoms with Crippen molar-refractivity contribution in [3.63, 3.8) is 0 Å². The van der Waals surface area contributed by atoms with E-state index in [1.165, 1.54) is 13.2 Å². The number of hydrogen-bond acceptors (Lipinski definition) is 3. The Hall–Kier alpha value is -2.21. The van der Waals surface area contributed by atoms with E-state index in [-0.39, 0.29) is 11.1 Å². The van der Waals surface area contributed by atoms with E-state index in [0.717, 1.165) is 37.6 Å². The zero-order valence-corrected chi connectivity index (χ0v) is 14.5. The van der Waals surface area contributed by atoms with Crippen LogP contribution in [0.25, 0.3) is 0 Å². The van der Waals surface area contributed by atoms with Gasteiger partial charge in [-0.25, -0.2) is 8.78 Å². The molecule has 0 radical (unpaired) electrons. The molecular formula is C19H22F2N2O2. The normalized spacial score (nSPS) is 16.2. The Bertz CT molecular complexity index is 812. The minimum Gasteiger partial charge on any atom is -0.496 e. The zero-order valence-electron chi connectivity index (χ0n) is 14.5. The number of aryl methyl sites for hydroxylation is 1. The number of ether oxygens (including phenoxy) is 1. The van der Waals surface area contributed by atoms with Crippen molar-refractivity contribution in [3.8, 4) is 5.75 Å². The van der Waals surface area contributed by atoms with Crippen LogP contribution in [0, 0.1) is 11.6 Å². The van der Waals surface area contributed by atoms with E-state index in [9.17, 15) is 13.6 Å². The quantitative estimate of drug-likeness (QED) is 0.852. The average molecular weight is 348 g/mol. The topological polar surface area (TPSA) is 34.5 Å². The van der Waals surface area contributed by atoms with Gasteiger partial charge in [0.15, 0.2) is 11.6 Å². The van der Waals surface area contributed by atoms with Gasteiger partial charge in [-0.15, -0.1) is 0 Å². The van der Waals surface area contributed by atoms with Crippen molar-refractivity contribution in [1.29, 1.82) is 0 Å². The van der Waals surface area contributed by atoms with Crippen LogP contribution in [0.3, 0.4) is 0 Å². The third-order valence-corrected chi connectivity index (χ3v) is 4.94. The molecular weight excluding hydrogens is 326 g/mol. The van der Waals surface area contributed by atoms with Crippen molar-refractivity contribution in [2.75, 3.05) is 20.2 Å². The number of likely N-dealkylation sites (tertiary alicyclic amines) is 1. The maximum absolute atomic E-state index is 14.1. The highest BCUT2D eigenvalue weighted by atomic mass is 19.2. The van der Waals surface area contributed by atoms with Gasteiger partial charge in [-0.3, -0.25) is 9.69 Å². The molecule has 1 aliphatic rings. The lowest BCUT2D eigenvalue weighted by atomic mass is 9.90. The molecule has 1 aromatic carbocycles. The second kappa shape index (κ2) is 7.35. The Morgan fingerprint density at radius 1 is 1.20 bits per heavy atom. The Morgan fingerprint density at radius 2 is 1.92 bits per heavy atom. The van der Waals surface area contributed by atoms with Crippen LogP contribution in [0.15, 0.2) is 35.3 Å². The van der Waals surface area contributed by atoms with Gasteiger partial charge in [0.1, 0.15) is 5.75 Å². The van der Waals surface area contributed by atoms with Crippen molar-refractivity contribution in [1.82, 2.24) is 9.47 Å². The summed E-state index contributed by atoms with van der Waals surface area (Å²) in [6, 6.07) is 6.21. The summed E-state index contributed by atoms with van der Waals surface area (Å²) >= 11 is 0. The van der Waals surface area contributed by atoms with Crippen molar-refractivity contribution < 1.29 is 13.5 Å². The van der Waals surface area contributed by atoms with Crippen LogP contribution >= 0.6 is 0 Å². The molecule has 2 heterocycles. The van der Waals surface area contributed by atoms with Crippen LogP contribution < -0.4 is 10.3 Å². The highest BCUT2D eigenvalue weighted by Crippen LogP contribution is 2.30. The molecule has 0 amide bonds. The van der Waals surface area contributed by atoms with E-state index < -0.39 is 11.6 Å². The van der Waals surface area contributed by atoms with Gasteiger partial charge < -0.3 is 9.30 Å². The summed E-state index contributed by atoms with van der Waals surface area (Å²) in [4.78, 5) is 13.9. The summed E-state index contributed by atoms with van der Waals surface area (Å²) in [5.41, 5.74) is 1.30. The van der Waals surface area contributed by atoms with Crippen molar-refractivity contribution in [2.45, 2.75) is 25.3 Å². The first-order chi connectivity index (χ1) is 12.0. The number of rotatable bonds is 4.